The largest absolute Gasteiger partial charge is 0.340 e. The first kappa shape index (κ1) is 8.34. The minimum absolute atomic E-state index is 0.271. The van der Waals surface area contributed by atoms with Crippen LogP contribution in [0.15, 0.2) is 12.3 Å². The van der Waals surface area contributed by atoms with Crippen LogP contribution in [-0.2, 0) is 11.3 Å². The Kier molecular flexibility index (Phi) is 2.91. The van der Waals surface area contributed by atoms with E-state index in [2.05, 4.69) is 27.4 Å². The highest BCUT2D eigenvalue weighted by Crippen LogP contribution is 1.88. The van der Waals surface area contributed by atoms with Gasteiger partial charge in [0, 0.05) is 6.20 Å². The minimum atomic E-state index is -0.271. The molecule has 62 valence electrons. The topological polar surface area (TPSA) is 57.8 Å². The van der Waals surface area contributed by atoms with Crippen LogP contribution in [0.4, 0.5) is 0 Å². The summed E-state index contributed by atoms with van der Waals surface area (Å²) >= 11 is 0. The predicted molar refractivity (Wildman–Crippen MR) is 43.9 cm³/mol. The van der Waals surface area contributed by atoms with Crippen LogP contribution in [0.5, 0.6) is 0 Å². The molecule has 0 aromatic carbocycles. The molecule has 4 heteroatoms. The summed E-state index contributed by atoms with van der Waals surface area (Å²) in [6.07, 6.45) is 1.63. The van der Waals surface area contributed by atoms with Crippen molar-refractivity contribution >= 4 is 5.91 Å². The summed E-state index contributed by atoms with van der Waals surface area (Å²) in [5, 5.41) is 9.06. The second-order valence-corrected chi connectivity index (χ2v) is 2.14. The number of aromatic amines is 1. The molecule has 0 unspecified atom stereocenters. The van der Waals surface area contributed by atoms with E-state index < -0.39 is 0 Å². The van der Waals surface area contributed by atoms with Gasteiger partial charge in [-0.2, -0.15) is 5.10 Å². The summed E-state index contributed by atoms with van der Waals surface area (Å²) in [6.45, 7) is 2.06. The van der Waals surface area contributed by atoms with Crippen LogP contribution >= 0.6 is 0 Å². The van der Waals surface area contributed by atoms with Gasteiger partial charge < -0.3 is 5.32 Å². The van der Waals surface area contributed by atoms with Gasteiger partial charge in [-0.1, -0.05) is 5.92 Å². The molecule has 1 amide bonds. The summed E-state index contributed by atoms with van der Waals surface area (Å²) in [5.74, 6) is 4.61. The van der Waals surface area contributed by atoms with Gasteiger partial charge in [-0.15, -0.1) is 0 Å². The van der Waals surface area contributed by atoms with Crippen molar-refractivity contribution in [2.24, 2.45) is 0 Å². The third-order valence-electron chi connectivity index (χ3n) is 1.24. The number of amides is 1. The number of hydrogen-bond acceptors (Lipinski definition) is 2. The minimum Gasteiger partial charge on any atom is -0.340 e. The van der Waals surface area contributed by atoms with Crippen molar-refractivity contribution in [1.82, 2.24) is 15.5 Å². The van der Waals surface area contributed by atoms with E-state index in [1.54, 1.807) is 19.2 Å². The number of carbonyl (C=O) groups excluding carboxylic acids is 1. The maximum Gasteiger partial charge on any atom is 0.296 e. The molecule has 0 bridgehead atoms. The monoisotopic (exact) mass is 163 g/mol. The van der Waals surface area contributed by atoms with E-state index in [9.17, 15) is 4.79 Å². The third kappa shape index (κ3) is 2.46. The van der Waals surface area contributed by atoms with Crippen LogP contribution in [0.3, 0.4) is 0 Å². The van der Waals surface area contributed by atoms with E-state index in [1.807, 2.05) is 0 Å². The SMILES string of the molecule is CC#CC(=O)NCc1ccn[nH]1. The number of aromatic nitrogens is 2. The molecule has 0 spiro atoms. The fourth-order valence-corrected chi connectivity index (χ4v) is 0.716. The quantitative estimate of drug-likeness (QED) is 0.605. The van der Waals surface area contributed by atoms with Gasteiger partial charge in [0.05, 0.1) is 12.2 Å². The molecule has 4 nitrogen and oxygen atoms in total. The Labute approximate surface area is 70.4 Å². The van der Waals surface area contributed by atoms with E-state index in [1.165, 1.54) is 0 Å². The zero-order valence-electron chi connectivity index (χ0n) is 6.72. The number of carbonyl (C=O) groups is 1. The van der Waals surface area contributed by atoms with Gasteiger partial charge in [-0.25, -0.2) is 0 Å². The van der Waals surface area contributed by atoms with Crippen LogP contribution in [0, 0.1) is 11.8 Å². The maximum atomic E-state index is 10.8. The Balaban J connectivity index is 2.35. The molecule has 0 radical (unpaired) electrons. The molecule has 2 N–H and O–H groups in total. The fraction of sp³-hybridized carbons (Fsp3) is 0.250. The van der Waals surface area contributed by atoms with Gasteiger partial charge in [0.1, 0.15) is 0 Å². The van der Waals surface area contributed by atoms with E-state index >= 15 is 0 Å². The van der Waals surface area contributed by atoms with E-state index in [-0.39, 0.29) is 5.91 Å². The molecule has 0 aliphatic heterocycles. The Bertz CT molecular complexity index is 305. The van der Waals surface area contributed by atoms with Crippen molar-refractivity contribution in [2.45, 2.75) is 13.5 Å². The Morgan fingerprint density at radius 2 is 2.67 bits per heavy atom. The van der Waals surface area contributed by atoms with Crippen molar-refractivity contribution in [2.75, 3.05) is 0 Å². The number of nitrogens with one attached hydrogen (secondary N) is 2. The molecule has 1 aromatic heterocycles. The smallest absolute Gasteiger partial charge is 0.296 e. The highest BCUT2D eigenvalue weighted by Gasteiger charge is 1.95. The maximum absolute atomic E-state index is 10.8. The molecule has 0 saturated carbocycles. The van der Waals surface area contributed by atoms with Gasteiger partial charge in [0.15, 0.2) is 0 Å². The molecule has 1 heterocycles. The van der Waals surface area contributed by atoms with Crippen molar-refractivity contribution in [3.63, 3.8) is 0 Å². The van der Waals surface area contributed by atoms with E-state index in [4.69, 9.17) is 0 Å². The molecule has 0 aliphatic carbocycles. The standard InChI is InChI=1S/C8H9N3O/c1-2-3-8(12)9-6-7-4-5-10-11-7/h4-5H,6H2,1H3,(H,9,12)(H,10,11). The Morgan fingerprint density at radius 3 is 3.25 bits per heavy atom. The second-order valence-electron chi connectivity index (χ2n) is 2.14. The summed E-state index contributed by atoms with van der Waals surface area (Å²) in [7, 11) is 0. The molecule has 0 aliphatic rings. The van der Waals surface area contributed by atoms with Crippen LogP contribution in [0.1, 0.15) is 12.6 Å². The summed E-state index contributed by atoms with van der Waals surface area (Å²) in [4.78, 5) is 10.8. The first-order valence-electron chi connectivity index (χ1n) is 3.52. The molecule has 0 saturated heterocycles. The van der Waals surface area contributed by atoms with Crippen molar-refractivity contribution in [3.8, 4) is 11.8 Å². The Hall–Kier alpha value is -1.76. The molecule has 0 fully saturated rings. The van der Waals surface area contributed by atoms with Crippen molar-refractivity contribution in [1.29, 1.82) is 0 Å². The molecular formula is C8H9N3O. The normalized spacial score (nSPS) is 8.42. The van der Waals surface area contributed by atoms with E-state index in [0.29, 0.717) is 6.54 Å². The number of rotatable bonds is 2. The fourth-order valence-electron chi connectivity index (χ4n) is 0.716. The number of nitrogens with zero attached hydrogens (tertiary/aromatic N) is 1. The Morgan fingerprint density at radius 1 is 1.83 bits per heavy atom. The molecule has 1 aromatic rings. The number of hydrogen-bond donors (Lipinski definition) is 2. The highest BCUT2D eigenvalue weighted by atomic mass is 16.1. The van der Waals surface area contributed by atoms with Gasteiger partial charge in [-0.05, 0) is 18.9 Å². The lowest BCUT2D eigenvalue weighted by molar-refractivity contribution is -0.115. The van der Waals surface area contributed by atoms with Gasteiger partial charge in [0.2, 0.25) is 0 Å². The predicted octanol–water partition coefficient (Wildman–Crippen LogP) is 0.0492. The zero-order chi connectivity index (χ0) is 8.81. The van der Waals surface area contributed by atoms with Crippen LogP contribution in [0.2, 0.25) is 0 Å². The zero-order valence-corrected chi connectivity index (χ0v) is 6.72. The molecule has 1 rings (SSSR count). The van der Waals surface area contributed by atoms with E-state index in [0.717, 1.165) is 5.69 Å². The first-order valence-corrected chi connectivity index (χ1v) is 3.52. The third-order valence-corrected chi connectivity index (χ3v) is 1.24. The van der Waals surface area contributed by atoms with Gasteiger partial charge >= 0.3 is 0 Å². The number of H-pyrrole nitrogens is 1. The highest BCUT2D eigenvalue weighted by molar-refractivity contribution is 5.93. The summed E-state index contributed by atoms with van der Waals surface area (Å²) in [6, 6.07) is 1.79. The lowest BCUT2D eigenvalue weighted by atomic mass is 10.4. The molecule has 0 atom stereocenters. The molecular weight excluding hydrogens is 154 g/mol. The average Bonchev–Trinajstić information content (AvgIpc) is 2.53. The van der Waals surface area contributed by atoms with Gasteiger partial charge in [-0.3, -0.25) is 9.89 Å². The van der Waals surface area contributed by atoms with Crippen LogP contribution in [0.25, 0.3) is 0 Å². The van der Waals surface area contributed by atoms with Crippen LogP contribution < -0.4 is 5.32 Å². The lowest BCUT2D eigenvalue weighted by Gasteiger charge is -1.95. The average molecular weight is 163 g/mol. The van der Waals surface area contributed by atoms with Crippen LogP contribution in [-0.4, -0.2) is 16.1 Å². The van der Waals surface area contributed by atoms with Crippen molar-refractivity contribution < 1.29 is 4.79 Å². The molecule has 12 heavy (non-hydrogen) atoms. The second kappa shape index (κ2) is 4.19. The summed E-state index contributed by atoms with van der Waals surface area (Å²) in [5.41, 5.74) is 0.862. The lowest BCUT2D eigenvalue weighted by Crippen LogP contribution is -2.20. The van der Waals surface area contributed by atoms with Crippen molar-refractivity contribution in [3.05, 3.63) is 18.0 Å². The van der Waals surface area contributed by atoms with Gasteiger partial charge in [0.25, 0.3) is 5.91 Å². The summed E-state index contributed by atoms with van der Waals surface area (Å²) < 4.78 is 0. The first-order chi connectivity index (χ1) is 5.83.